The number of alkyl carbamates (subject to hydrolysis) is 1. The first kappa shape index (κ1) is 23.2. The first-order chi connectivity index (χ1) is 17.5. The maximum absolute atomic E-state index is 12.4. The first-order valence-corrected chi connectivity index (χ1v) is 11.7. The van der Waals surface area contributed by atoms with E-state index in [2.05, 4.69) is 15.6 Å². The van der Waals surface area contributed by atoms with Crippen molar-refractivity contribution in [2.24, 2.45) is 0 Å². The van der Waals surface area contributed by atoms with Crippen molar-refractivity contribution in [1.29, 1.82) is 0 Å². The van der Waals surface area contributed by atoms with Gasteiger partial charge in [-0.25, -0.2) is 9.59 Å². The molecule has 4 N–H and O–H groups in total. The third-order valence-corrected chi connectivity index (χ3v) is 6.47. The minimum absolute atomic E-state index is 0.0930. The Balaban J connectivity index is 1.15. The monoisotopic (exact) mass is 483 g/mol. The number of para-hydroxylation sites is 1. The third-order valence-electron chi connectivity index (χ3n) is 6.47. The van der Waals surface area contributed by atoms with Gasteiger partial charge in [-0.15, -0.1) is 0 Å². The lowest BCUT2D eigenvalue weighted by Gasteiger charge is -2.16. The second kappa shape index (κ2) is 9.95. The quantitative estimate of drug-likeness (QED) is 0.304. The van der Waals surface area contributed by atoms with E-state index in [0.717, 1.165) is 38.7 Å². The number of carboxylic acid groups (broad SMARTS) is 1. The number of fused-ring (bicyclic) bond motifs is 4. The highest BCUT2D eigenvalue weighted by Crippen LogP contribution is 2.44. The molecule has 1 aliphatic carbocycles. The van der Waals surface area contributed by atoms with Crippen molar-refractivity contribution in [1.82, 2.24) is 15.6 Å². The van der Waals surface area contributed by atoms with Gasteiger partial charge in [-0.3, -0.25) is 4.79 Å². The summed E-state index contributed by atoms with van der Waals surface area (Å²) in [4.78, 5) is 39.6. The Kier molecular flexibility index (Phi) is 6.40. The van der Waals surface area contributed by atoms with Crippen LogP contribution in [0.5, 0.6) is 0 Å². The SMILES string of the molecule is O=C(CNC(=O)OCC1c2ccccc2-c2ccccc21)N[C@@H](Cc1c[nH]c2ccccc12)C(=O)O. The minimum Gasteiger partial charge on any atom is -0.480 e. The third kappa shape index (κ3) is 4.65. The molecule has 0 aliphatic heterocycles. The van der Waals surface area contributed by atoms with E-state index in [-0.39, 0.29) is 18.9 Å². The second-order valence-electron chi connectivity index (χ2n) is 8.70. The second-order valence-corrected chi connectivity index (χ2v) is 8.70. The maximum atomic E-state index is 12.4. The van der Waals surface area contributed by atoms with Crippen molar-refractivity contribution in [3.63, 3.8) is 0 Å². The van der Waals surface area contributed by atoms with Crippen LogP contribution in [0.3, 0.4) is 0 Å². The number of H-pyrrole nitrogens is 1. The van der Waals surface area contributed by atoms with Crippen molar-refractivity contribution in [2.75, 3.05) is 13.2 Å². The fourth-order valence-corrected chi connectivity index (χ4v) is 4.77. The molecular weight excluding hydrogens is 458 g/mol. The van der Waals surface area contributed by atoms with E-state index in [0.29, 0.717) is 0 Å². The van der Waals surface area contributed by atoms with Crippen LogP contribution in [0.4, 0.5) is 4.79 Å². The molecule has 4 aromatic rings. The van der Waals surface area contributed by atoms with E-state index in [1.165, 1.54) is 0 Å². The van der Waals surface area contributed by atoms with E-state index < -0.39 is 30.6 Å². The van der Waals surface area contributed by atoms with E-state index in [1.807, 2.05) is 72.8 Å². The van der Waals surface area contributed by atoms with Crippen LogP contribution < -0.4 is 10.6 Å². The Bertz CT molecular complexity index is 1400. The molecule has 1 aromatic heterocycles. The molecule has 0 saturated heterocycles. The normalized spacial score (nSPS) is 13.0. The highest BCUT2D eigenvalue weighted by atomic mass is 16.5. The Hall–Kier alpha value is -4.59. The minimum atomic E-state index is -1.16. The topological polar surface area (TPSA) is 121 Å². The Morgan fingerprint density at radius 3 is 2.25 bits per heavy atom. The van der Waals surface area contributed by atoms with Crippen LogP contribution in [0.15, 0.2) is 79.0 Å². The number of ether oxygens (including phenoxy) is 1. The summed E-state index contributed by atoms with van der Waals surface area (Å²) in [7, 11) is 0. The van der Waals surface area contributed by atoms with E-state index >= 15 is 0 Å². The zero-order valence-electron chi connectivity index (χ0n) is 19.4. The lowest BCUT2D eigenvalue weighted by atomic mass is 9.98. The molecule has 1 aliphatic rings. The summed E-state index contributed by atoms with van der Waals surface area (Å²) in [5, 5.41) is 15.4. The van der Waals surface area contributed by atoms with Crippen LogP contribution in [-0.4, -0.2) is 47.3 Å². The molecule has 2 amide bonds. The smallest absolute Gasteiger partial charge is 0.407 e. The number of aromatic nitrogens is 1. The average molecular weight is 484 g/mol. The lowest BCUT2D eigenvalue weighted by Crippen LogP contribution is -2.46. The molecular formula is C28H25N3O5. The van der Waals surface area contributed by atoms with E-state index in [4.69, 9.17) is 4.74 Å². The van der Waals surface area contributed by atoms with Crippen molar-refractivity contribution >= 4 is 28.9 Å². The number of rotatable bonds is 8. The zero-order chi connectivity index (χ0) is 25.1. The molecule has 1 heterocycles. The summed E-state index contributed by atoms with van der Waals surface area (Å²) < 4.78 is 5.43. The average Bonchev–Trinajstić information content (AvgIpc) is 3.45. The Morgan fingerprint density at radius 1 is 0.917 bits per heavy atom. The molecule has 1 atom stereocenters. The van der Waals surface area contributed by atoms with Gasteiger partial charge >= 0.3 is 12.1 Å². The van der Waals surface area contributed by atoms with Crippen molar-refractivity contribution in [2.45, 2.75) is 18.4 Å². The number of amides is 2. The molecule has 0 bridgehead atoms. The molecule has 0 saturated carbocycles. The highest BCUT2D eigenvalue weighted by molar-refractivity contribution is 5.88. The predicted molar refractivity (Wildman–Crippen MR) is 135 cm³/mol. The number of hydrogen-bond donors (Lipinski definition) is 4. The van der Waals surface area contributed by atoms with Crippen LogP contribution in [0.1, 0.15) is 22.6 Å². The van der Waals surface area contributed by atoms with Gasteiger partial charge in [-0.2, -0.15) is 0 Å². The van der Waals surface area contributed by atoms with Gasteiger partial charge in [0.25, 0.3) is 0 Å². The van der Waals surface area contributed by atoms with Gasteiger partial charge in [0.05, 0.1) is 0 Å². The summed E-state index contributed by atoms with van der Waals surface area (Å²) in [5.41, 5.74) is 6.09. The Morgan fingerprint density at radius 2 is 1.56 bits per heavy atom. The van der Waals surface area contributed by atoms with E-state index in [1.54, 1.807) is 6.20 Å². The van der Waals surface area contributed by atoms with Gasteiger partial charge in [0.15, 0.2) is 0 Å². The summed E-state index contributed by atoms with van der Waals surface area (Å²) in [6.07, 6.45) is 1.10. The molecule has 36 heavy (non-hydrogen) atoms. The molecule has 0 radical (unpaired) electrons. The number of nitrogens with one attached hydrogen (secondary N) is 3. The predicted octanol–water partition coefficient (Wildman–Crippen LogP) is 3.82. The Labute approximate surface area is 207 Å². The molecule has 8 heteroatoms. The number of carbonyl (C=O) groups is 3. The van der Waals surface area contributed by atoms with Crippen molar-refractivity contribution < 1.29 is 24.2 Å². The van der Waals surface area contributed by atoms with Gasteiger partial charge < -0.3 is 25.5 Å². The molecule has 182 valence electrons. The van der Waals surface area contributed by atoms with Crippen LogP contribution in [-0.2, 0) is 20.7 Å². The number of benzene rings is 3. The standard InChI is InChI=1S/C28H25N3O5/c32-26(31-25(27(33)34)13-17-14-29-24-12-6-5-7-18(17)24)15-30-28(35)36-16-23-21-10-3-1-8-19(21)20-9-2-4-11-22(20)23/h1-12,14,23,25,29H,13,15-16H2,(H,30,35)(H,31,32)(H,33,34)/t25-/m0/s1. The van der Waals surface area contributed by atoms with Gasteiger partial charge in [0, 0.05) is 29.4 Å². The van der Waals surface area contributed by atoms with Crippen LogP contribution in [0, 0.1) is 0 Å². The number of carbonyl (C=O) groups excluding carboxylic acids is 2. The number of aromatic amines is 1. The van der Waals surface area contributed by atoms with Crippen LogP contribution >= 0.6 is 0 Å². The zero-order valence-corrected chi connectivity index (χ0v) is 19.4. The van der Waals surface area contributed by atoms with Gasteiger partial charge in [-0.1, -0.05) is 66.7 Å². The fourth-order valence-electron chi connectivity index (χ4n) is 4.77. The lowest BCUT2D eigenvalue weighted by molar-refractivity contribution is -0.141. The largest absolute Gasteiger partial charge is 0.480 e. The van der Waals surface area contributed by atoms with Crippen LogP contribution in [0.2, 0.25) is 0 Å². The fraction of sp³-hybridized carbons (Fsp3) is 0.179. The number of aliphatic carboxylic acids is 1. The molecule has 0 unspecified atom stereocenters. The molecule has 8 nitrogen and oxygen atoms in total. The highest BCUT2D eigenvalue weighted by Gasteiger charge is 2.29. The summed E-state index contributed by atoms with van der Waals surface area (Å²) >= 11 is 0. The van der Waals surface area contributed by atoms with Crippen LogP contribution in [0.25, 0.3) is 22.0 Å². The maximum Gasteiger partial charge on any atom is 0.407 e. The molecule has 3 aromatic carbocycles. The first-order valence-electron chi connectivity index (χ1n) is 11.7. The number of hydrogen-bond acceptors (Lipinski definition) is 4. The number of carboxylic acids is 1. The van der Waals surface area contributed by atoms with Crippen molar-refractivity contribution in [3.05, 3.63) is 95.7 Å². The van der Waals surface area contributed by atoms with E-state index in [9.17, 15) is 19.5 Å². The summed E-state index contributed by atoms with van der Waals surface area (Å²) in [5.74, 6) is -1.87. The molecule has 0 fully saturated rings. The van der Waals surface area contributed by atoms with Crippen molar-refractivity contribution in [3.8, 4) is 11.1 Å². The van der Waals surface area contributed by atoms with Gasteiger partial charge in [0.1, 0.15) is 19.2 Å². The molecule has 0 spiro atoms. The summed E-state index contributed by atoms with van der Waals surface area (Å²) in [6.45, 7) is -0.270. The molecule has 5 rings (SSSR count). The van der Waals surface area contributed by atoms with Gasteiger partial charge in [-0.05, 0) is 33.9 Å². The van der Waals surface area contributed by atoms with Gasteiger partial charge in [0.2, 0.25) is 5.91 Å². The summed E-state index contributed by atoms with van der Waals surface area (Å²) in [6, 6.07) is 22.4.